The van der Waals surface area contributed by atoms with Gasteiger partial charge in [0.15, 0.2) is 0 Å². The van der Waals surface area contributed by atoms with Gasteiger partial charge in [0.25, 0.3) is 0 Å². The van der Waals surface area contributed by atoms with Gasteiger partial charge in [-0.2, -0.15) is 0 Å². The molecule has 6 nitrogen and oxygen atoms in total. The fourth-order valence-electron chi connectivity index (χ4n) is 4.27. The number of piperidine rings is 1. The van der Waals surface area contributed by atoms with E-state index in [1.807, 2.05) is 72.8 Å². The van der Waals surface area contributed by atoms with Crippen molar-refractivity contribution in [1.29, 1.82) is 0 Å². The van der Waals surface area contributed by atoms with Crippen LogP contribution in [0.5, 0.6) is 5.75 Å². The van der Waals surface area contributed by atoms with Crippen LogP contribution in [0.25, 0.3) is 10.9 Å². The van der Waals surface area contributed by atoms with Gasteiger partial charge in [-0.05, 0) is 54.8 Å². The lowest BCUT2D eigenvalue weighted by Crippen LogP contribution is -2.38. The zero-order valence-electron chi connectivity index (χ0n) is 18.7. The van der Waals surface area contributed by atoms with Crippen LogP contribution >= 0.6 is 11.6 Å². The summed E-state index contributed by atoms with van der Waals surface area (Å²) >= 11 is 5.96. The van der Waals surface area contributed by atoms with Crippen LogP contribution in [0.1, 0.15) is 18.4 Å². The molecule has 4 aromatic rings. The lowest BCUT2D eigenvalue weighted by atomic mass is 9.95. The standard InChI is InChI=1S/C27H25ClN4O2/c28-21-11-9-19(10-12-21)17-34-25-8-4-3-7-24(25)31-27(33)20-13-15-32(16-14-20)26-22-5-1-2-6-23(22)29-18-30-26/h1-12,18,20H,13-17H2,(H,31,33). The monoisotopic (exact) mass is 472 g/mol. The normalized spacial score (nSPS) is 14.2. The zero-order valence-corrected chi connectivity index (χ0v) is 19.4. The van der Waals surface area contributed by atoms with Gasteiger partial charge in [0.05, 0.1) is 11.2 Å². The van der Waals surface area contributed by atoms with Gasteiger partial charge in [0, 0.05) is 29.4 Å². The number of carbonyl (C=O) groups excluding carboxylic acids is 1. The molecule has 1 saturated heterocycles. The summed E-state index contributed by atoms with van der Waals surface area (Å²) in [5, 5.41) is 4.81. The molecule has 7 heteroatoms. The number of aromatic nitrogens is 2. The number of carbonyl (C=O) groups is 1. The first kappa shape index (κ1) is 22.2. The molecule has 1 amide bonds. The van der Waals surface area contributed by atoms with E-state index in [4.69, 9.17) is 16.3 Å². The van der Waals surface area contributed by atoms with Crippen LogP contribution in [0.3, 0.4) is 0 Å². The molecule has 0 bridgehead atoms. The maximum absolute atomic E-state index is 13.1. The first-order valence-electron chi connectivity index (χ1n) is 11.4. The second-order valence-corrected chi connectivity index (χ2v) is 8.81. The maximum Gasteiger partial charge on any atom is 0.227 e. The fraction of sp³-hybridized carbons (Fsp3) is 0.222. The lowest BCUT2D eigenvalue weighted by molar-refractivity contribution is -0.120. The Kier molecular flexibility index (Phi) is 6.58. The highest BCUT2D eigenvalue weighted by Crippen LogP contribution is 2.30. The Morgan fingerprint density at radius 2 is 1.71 bits per heavy atom. The molecule has 0 spiro atoms. The van der Waals surface area contributed by atoms with Crippen molar-refractivity contribution in [3.05, 3.63) is 89.7 Å². The molecule has 1 aliphatic heterocycles. The van der Waals surface area contributed by atoms with Crippen molar-refractivity contribution in [2.75, 3.05) is 23.3 Å². The molecule has 34 heavy (non-hydrogen) atoms. The third kappa shape index (κ3) is 4.97. The van der Waals surface area contributed by atoms with E-state index in [0.29, 0.717) is 23.1 Å². The van der Waals surface area contributed by atoms with E-state index < -0.39 is 0 Å². The Balaban J connectivity index is 1.21. The van der Waals surface area contributed by atoms with Gasteiger partial charge < -0.3 is 15.0 Å². The molecule has 1 aliphatic rings. The Morgan fingerprint density at radius 3 is 2.53 bits per heavy atom. The highest BCUT2D eigenvalue weighted by molar-refractivity contribution is 6.30. The van der Waals surface area contributed by atoms with E-state index in [-0.39, 0.29) is 11.8 Å². The number of para-hydroxylation sites is 3. The van der Waals surface area contributed by atoms with Gasteiger partial charge in [-0.25, -0.2) is 9.97 Å². The van der Waals surface area contributed by atoms with E-state index in [1.54, 1.807) is 6.33 Å². The number of benzene rings is 3. The van der Waals surface area contributed by atoms with Crippen LogP contribution in [0.15, 0.2) is 79.1 Å². The average Bonchev–Trinajstić information content (AvgIpc) is 2.89. The third-order valence-corrected chi connectivity index (χ3v) is 6.39. The number of rotatable bonds is 6. The second kappa shape index (κ2) is 10.1. The topological polar surface area (TPSA) is 67.3 Å². The molecule has 5 rings (SSSR count). The fourth-order valence-corrected chi connectivity index (χ4v) is 4.39. The minimum atomic E-state index is -0.0614. The van der Waals surface area contributed by atoms with Crippen molar-refractivity contribution < 1.29 is 9.53 Å². The van der Waals surface area contributed by atoms with Crippen molar-refractivity contribution >= 4 is 39.9 Å². The van der Waals surface area contributed by atoms with E-state index in [2.05, 4.69) is 20.2 Å². The summed E-state index contributed by atoms with van der Waals surface area (Å²) < 4.78 is 5.99. The van der Waals surface area contributed by atoms with Crippen molar-refractivity contribution in [1.82, 2.24) is 9.97 Å². The molecule has 0 aliphatic carbocycles. The van der Waals surface area contributed by atoms with Crippen LogP contribution in [-0.2, 0) is 11.4 Å². The molecule has 3 aromatic carbocycles. The summed E-state index contributed by atoms with van der Waals surface area (Å²) in [7, 11) is 0. The first-order chi connectivity index (χ1) is 16.7. The van der Waals surface area contributed by atoms with Gasteiger partial charge in [0.2, 0.25) is 5.91 Å². The van der Waals surface area contributed by atoms with Crippen LogP contribution in [0.2, 0.25) is 5.02 Å². The number of hydrogen-bond acceptors (Lipinski definition) is 5. The molecule has 2 heterocycles. The quantitative estimate of drug-likeness (QED) is 0.389. The van der Waals surface area contributed by atoms with Gasteiger partial charge in [-0.1, -0.05) is 48.0 Å². The number of ether oxygens (including phenoxy) is 1. The zero-order chi connectivity index (χ0) is 23.3. The number of halogens is 1. The minimum Gasteiger partial charge on any atom is -0.487 e. The minimum absolute atomic E-state index is 0.0229. The molecule has 1 N–H and O–H groups in total. The summed E-state index contributed by atoms with van der Waals surface area (Å²) in [6.07, 6.45) is 3.13. The maximum atomic E-state index is 13.1. The third-order valence-electron chi connectivity index (χ3n) is 6.14. The number of nitrogens with zero attached hydrogens (tertiary/aromatic N) is 3. The number of amides is 1. The van der Waals surface area contributed by atoms with Gasteiger partial charge in [0.1, 0.15) is 24.5 Å². The summed E-state index contributed by atoms with van der Waals surface area (Å²) in [5.74, 6) is 1.55. The molecule has 0 unspecified atom stereocenters. The molecular weight excluding hydrogens is 448 g/mol. The van der Waals surface area contributed by atoms with Gasteiger partial charge >= 0.3 is 0 Å². The highest BCUT2D eigenvalue weighted by Gasteiger charge is 2.27. The molecule has 0 radical (unpaired) electrons. The predicted octanol–water partition coefficient (Wildman–Crippen LogP) is 5.72. The van der Waals surface area contributed by atoms with Crippen LogP contribution in [0.4, 0.5) is 11.5 Å². The van der Waals surface area contributed by atoms with E-state index in [0.717, 1.165) is 48.2 Å². The smallest absolute Gasteiger partial charge is 0.227 e. The average molecular weight is 473 g/mol. The number of hydrogen-bond donors (Lipinski definition) is 1. The van der Waals surface area contributed by atoms with Crippen LogP contribution in [-0.4, -0.2) is 29.0 Å². The number of nitrogens with one attached hydrogen (secondary N) is 1. The second-order valence-electron chi connectivity index (χ2n) is 8.38. The lowest BCUT2D eigenvalue weighted by Gasteiger charge is -2.32. The van der Waals surface area contributed by atoms with E-state index in [1.165, 1.54) is 0 Å². The Hall–Kier alpha value is -3.64. The summed E-state index contributed by atoms with van der Waals surface area (Å²) in [5.41, 5.74) is 2.63. The largest absolute Gasteiger partial charge is 0.487 e. The molecule has 1 aromatic heterocycles. The van der Waals surface area contributed by atoms with Crippen molar-refractivity contribution in [2.24, 2.45) is 5.92 Å². The Morgan fingerprint density at radius 1 is 0.971 bits per heavy atom. The van der Waals surface area contributed by atoms with Crippen molar-refractivity contribution in [3.63, 3.8) is 0 Å². The molecule has 0 saturated carbocycles. The Labute approximate surface area is 203 Å². The van der Waals surface area contributed by atoms with Crippen LogP contribution in [0, 0.1) is 5.92 Å². The number of fused-ring (bicyclic) bond motifs is 1. The van der Waals surface area contributed by atoms with Crippen LogP contribution < -0.4 is 15.0 Å². The SMILES string of the molecule is O=C(Nc1ccccc1OCc1ccc(Cl)cc1)C1CCN(c2ncnc3ccccc23)CC1. The molecular formula is C27H25ClN4O2. The van der Waals surface area contributed by atoms with Gasteiger partial charge in [-0.3, -0.25) is 4.79 Å². The highest BCUT2D eigenvalue weighted by atomic mass is 35.5. The molecule has 172 valence electrons. The summed E-state index contributed by atoms with van der Waals surface area (Å²) in [4.78, 5) is 24.2. The first-order valence-corrected chi connectivity index (χ1v) is 11.8. The van der Waals surface area contributed by atoms with E-state index >= 15 is 0 Å². The van der Waals surface area contributed by atoms with Crippen molar-refractivity contribution in [2.45, 2.75) is 19.4 Å². The molecule has 1 fully saturated rings. The van der Waals surface area contributed by atoms with E-state index in [9.17, 15) is 4.79 Å². The summed E-state index contributed by atoms with van der Waals surface area (Å²) in [6.45, 7) is 1.94. The molecule has 0 atom stereocenters. The Bertz CT molecular complexity index is 1280. The predicted molar refractivity (Wildman–Crippen MR) is 135 cm³/mol. The number of anilines is 2. The van der Waals surface area contributed by atoms with Crippen molar-refractivity contribution in [3.8, 4) is 5.75 Å². The van der Waals surface area contributed by atoms with Gasteiger partial charge in [-0.15, -0.1) is 0 Å². The summed E-state index contributed by atoms with van der Waals surface area (Å²) in [6, 6.07) is 23.1.